The molecule has 0 radical (unpaired) electrons. The maximum absolute atomic E-state index is 14.0. The highest BCUT2D eigenvalue weighted by Crippen LogP contribution is 2.31. The lowest BCUT2D eigenvalue weighted by Gasteiger charge is -2.20. The Morgan fingerprint density at radius 3 is 2.13 bits per heavy atom. The number of aliphatic hydroxyl groups is 1. The van der Waals surface area contributed by atoms with Gasteiger partial charge >= 0.3 is 5.97 Å². The van der Waals surface area contributed by atoms with Crippen LogP contribution < -0.4 is 4.72 Å². The van der Waals surface area contributed by atoms with Crippen LogP contribution in [0, 0.1) is 5.82 Å². The predicted octanol–water partition coefficient (Wildman–Crippen LogP) is 3.82. The van der Waals surface area contributed by atoms with Crippen LogP contribution in [0.25, 0.3) is 5.57 Å². The first-order valence-electron chi connectivity index (χ1n) is 9.03. The van der Waals surface area contributed by atoms with Gasteiger partial charge in [0.05, 0.1) is 9.92 Å². The number of benzene rings is 2. The smallest absolute Gasteiger partial charge is 0.332 e. The number of aliphatic carboxylic acids is 1. The number of carbonyl (C=O) groups is 1. The molecule has 0 fully saturated rings. The number of aliphatic hydroxyl groups excluding tert-OH is 1. The first-order chi connectivity index (χ1) is 13.9. The zero-order valence-corrected chi connectivity index (χ0v) is 18.3. The Balaban J connectivity index is 2.64. The van der Waals surface area contributed by atoms with Gasteiger partial charge in [0, 0.05) is 24.1 Å². The highest BCUT2D eigenvalue weighted by Gasteiger charge is 2.23. The SMILES string of the molecule is CC(C)(C)NS(=O)(=O)c1ccc(C(=C(CCO)C(=O)O)c2ccc(Cl)c(F)c2)cc1. The minimum absolute atomic E-state index is 0.00171. The number of carboxylic acid groups (broad SMARTS) is 1. The van der Waals surface area contributed by atoms with E-state index in [4.69, 9.17) is 11.6 Å². The molecule has 2 aromatic carbocycles. The molecule has 0 aromatic heterocycles. The van der Waals surface area contributed by atoms with Crippen molar-refractivity contribution >= 4 is 33.2 Å². The van der Waals surface area contributed by atoms with Crippen LogP contribution in [-0.4, -0.2) is 36.7 Å². The Morgan fingerprint density at radius 2 is 1.67 bits per heavy atom. The molecule has 0 aliphatic carbocycles. The minimum atomic E-state index is -3.78. The molecule has 0 spiro atoms. The van der Waals surface area contributed by atoms with Crippen molar-refractivity contribution in [3.05, 3.63) is 70.0 Å². The summed E-state index contributed by atoms with van der Waals surface area (Å²) in [4.78, 5) is 11.8. The van der Waals surface area contributed by atoms with Crippen LogP contribution in [0.2, 0.25) is 5.02 Å². The van der Waals surface area contributed by atoms with E-state index in [1.54, 1.807) is 20.8 Å². The molecule has 0 bridgehead atoms. The Morgan fingerprint density at radius 1 is 1.10 bits per heavy atom. The van der Waals surface area contributed by atoms with Crippen molar-refractivity contribution in [2.24, 2.45) is 0 Å². The van der Waals surface area contributed by atoms with Gasteiger partial charge in [0.1, 0.15) is 5.82 Å². The maximum atomic E-state index is 14.0. The molecule has 0 unspecified atom stereocenters. The fourth-order valence-corrected chi connectivity index (χ4v) is 4.42. The molecule has 2 aromatic rings. The summed E-state index contributed by atoms with van der Waals surface area (Å²) >= 11 is 5.74. The van der Waals surface area contributed by atoms with Crippen LogP contribution in [0.3, 0.4) is 0 Å². The van der Waals surface area contributed by atoms with E-state index in [-0.39, 0.29) is 33.0 Å². The summed E-state index contributed by atoms with van der Waals surface area (Å²) in [5.41, 5.74) is -0.0491. The van der Waals surface area contributed by atoms with Crippen molar-refractivity contribution in [3.8, 4) is 0 Å². The highest BCUT2D eigenvalue weighted by atomic mass is 35.5. The molecule has 0 heterocycles. The van der Waals surface area contributed by atoms with Gasteiger partial charge in [-0.15, -0.1) is 0 Å². The van der Waals surface area contributed by atoms with Crippen molar-refractivity contribution in [1.29, 1.82) is 0 Å². The number of halogens is 2. The van der Waals surface area contributed by atoms with Gasteiger partial charge in [0.25, 0.3) is 0 Å². The first-order valence-corrected chi connectivity index (χ1v) is 10.9. The average Bonchev–Trinajstić information content (AvgIpc) is 2.62. The van der Waals surface area contributed by atoms with Crippen molar-refractivity contribution in [1.82, 2.24) is 4.72 Å². The quantitative estimate of drug-likeness (QED) is 0.550. The monoisotopic (exact) mass is 455 g/mol. The van der Waals surface area contributed by atoms with Crippen molar-refractivity contribution in [2.75, 3.05) is 6.61 Å². The fraction of sp³-hybridized carbons (Fsp3) is 0.286. The van der Waals surface area contributed by atoms with E-state index < -0.39 is 34.0 Å². The van der Waals surface area contributed by atoms with Crippen molar-refractivity contribution < 1.29 is 27.8 Å². The topological polar surface area (TPSA) is 104 Å². The normalized spacial score (nSPS) is 13.1. The molecule has 0 aliphatic rings. The summed E-state index contributed by atoms with van der Waals surface area (Å²) in [6, 6.07) is 9.44. The van der Waals surface area contributed by atoms with E-state index in [2.05, 4.69) is 4.72 Å². The molecule has 0 atom stereocenters. The van der Waals surface area contributed by atoms with E-state index in [1.807, 2.05) is 0 Å². The van der Waals surface area contributed by atoms with E-state index in [0.717, 1.165) is 6.07 Å². The third-order valence-corrected chi connectivity index (χ3v) is 6.10. The summed E-state index contributed by atoms with van der Waals surface area (Å²) in [6.45, 7) is 4.71. The third-order valence-electron chi connectivity index (χ3n) is 4.02. The standard InChI is InChI=1S/C21H23ClFNO5S/c1-21(2,3)24-30(28,29)15-7-4-13(5-8-15)19(16(10-11-25)20(26)27)14-6-9-17(22)18(23)12-14/h4-9,12,24-25H,10-11H2,1-3H3,(H,26,27). The molecule has 0 amide bonds. The fourth-order valence-electron chi connectivity index (χ4n) is 2.88. The number of hydrogen-bond donors (Lipinski definition) is 3. The highest BCUT2D eigenvalue weighted by molar-refractivity contribution is 7.89. The second-order valence-electron chi connectivity index (χ2n) is 7.64. The summed E-state index contributed by atoms with van der Waals surface area (Å²) < 4.78 is 41.6. The summed E-state index contributed by atoms with van der Waals surface area (Å²) in [6.07, 6.45) is -0.180. The molecule has 9 heteroatoms. The molecule has 0 saturated carbocycles. The molecular weight excluding hydrogens is 433 g/mol. The first kappa shape index (κ1) is 24.0. The molecule has 0 aliphatic heterocycles. The van der Waals surface area contributed by atoms with E-state index >= 15 is 0 Å². The zero-order chi connectivity index (χ0) is 22.7. The summed E-state index contributed by atoms with van der Waals surface area (Å²) in [5.74, 6) is -2.01. The second kappa shape index (κ2) is 9.26. The number of sulfonamides is 1. The van der Waals surface area contributed by atoms with Crippen LogP contribution in [0.4, 0.5) is 4.39 Å². The Bertz CT molecular complexity index is 1070. The molecule has 2 rings (SSSR count). The Hall–Kier alpha value is -2.26. The van der Waals surface area contributed by atoms with Gasteiger partial charge in [-0.2, -0.15) is 0 Å². The summed E-state index contributed by atoms with van der Waals surface area (Å²) in [7, 11) is -3.78. The lowest BCUT2D eigenvalue weighted by atomic mass is 9.91. The molecule has 30 heavy (non-hydrogen) atoms. The number of rotatable bonds is 7. The summed E-state index contributed by atoms with van der Waals surface area (Å²) in [5, 5.41) is 18.8. The molecule has 6 nitrogen and oxygen atoms in total. The Labute approximate surface area is 180 Å². The number of hydrogen-bond acceptors (Lipinski definition) is 4. The lowest BCUT2D eigenvalue weighted by Crippen LogP contribution is -2.40. The van der Waals surface area contributed by atoms with Crippen LogP contribution in [-0.2, 0) is 14.8 Å². The van der Waals surface area contributed by atoms with Crippen LogP contribution in [0.5, 0.6) is 0 Å². The van der Waals surface area contributed by atoms with Crippen LogP contribution >= 0.6 is 11.6 Å². The molecular formula is C21H23ClFNO5S. The lowest BCUT2D eigenvalue weighted by molar-refractivity contribution is -0.132. The van der Waals surface area contributed by atoms with Crippen molar-refractivity contribution in [3.63, 3.8) is 0 Å². The van der Waals surface area contributed by atoms with Gasteiger partial charge in [-0.05, 0) is 61.7 Å². The molecule has 0 saturated heterocycles. The predicted molar refractivity (Wildman–Crippen MR) is 113 cm³/mol. The van der Waals surface area contributed by atoms with Crippen LogP contribution in [0.1, 0.15) is 38.3 Å². The number of nitrogens with one attached hydrogen (secondary N) is 1. The molecule has 3 N–H and O–H groups in total. The number of carboxylic acids is 1. The Kier molecular flexibility index (Phi) is 7.41. The van der Waals surface area contributed by atoms with E-state index in [1.165, 1.54) is 36.4 Å². The van der Waals surface area contributed by atoms with Gasteiger partial charge < -0.3 is 10.2 Å². The van der Waals surface area contributed by atoms with E-state index in [0.29, 0.717) is 5.56 Å². The maximum Gasteiger partial charge on any atom is 0.332 e. The molecule has 162 valence electrons. The largest absolute Gasteiger partial charge is 0.478 e. The average molecular weight is 456 g/mol. The third kappa shape index (κ3) is 5.89. The van der Waals surface area contributed by atoms with Gasteiger partial charge in [0.2, 0.25) is 10.0 Å². The van der Waals surface area contributed by atoms with E-state index in [9.17, 15) is 27.8 Å². The van der Waals surface area contributed by atoms with Crippen molar-refractivity contribution in [2.45, 2.75) is 37.6 Å². The van der Waals surface area contributed by atoms with Crippen LogP contribution in [0.15, 0.2) is 52.9 Å². The second-order valence-corrected chi connectivity index (χ2v) is 9.73. The van der Waals surface area contributed by atoms with Gasteiger partial charge in [-0.25, -0.2) is 22.3 Å². The minimum Gasteiger partial charge on any atom is -0.478 e. The van der Waals surface area contributed by atoms with Gasteiger partial charge in [-0.1, -0.05) is 29.8 Å². The van der Waals surface area contributed by atoms with Gasteiger partial charge in [-0.3, -0.25) is 0 Å². The zero-order valence-electron chi connectivity index (χ0n) is 16.7. The van der Waals surface area contributed by atoms with Gasteiger partial charge in [0.15, 0.2) is 0 Å².